The number of rotatable bonds is 1. The van der Waals surface area contributed by atoms with Crippen LogP contribution in [-0.2, 0) is 4.79 Å². The van der Waals surface area contributed by atoms with Gasteiger partial charge >= 0.3 is 0 Å². The van der Waals surface area contributed by atoms with E-state index in [9.17, 15) is 4.79 Å². The van der Waals surface area contributed by atoms with E-state index < -0.39 is 0 Å². The van der Waals surface area contributed by atoms with Gasteiger partial charge in [0, 0.05) is 6.42 Å². The number of Topliss-reactive ketones (excluding diaryl/α,β-unsaturated/α-hetero) is 1. The smallest absolute Gasteiger partial charge is 0.146 e. The number of carbonyl (C=O) groups is 1. The van der Waals surface area contributed by atoms with Crippen molar-refractivity contribution in [1.29, 1.82) is 0 Å². The molecule has 2 atom stereocenters. The molecular formula is C9H15BrO. The monoisotopic (exact) mass is 218 g/mol. The van der Waals surface area contributed by atoms with E-state index in [1.54, 1.807) is 0 Å². The van der Waals surface area contributed by atoms with E-state index in [1.165, 1.54) is 12.8 Å². The van der Waals surface area contributed by atoms with Crippen molar-refractivity contribution in [2.75, 3.05) is 0 Å². The van der Waals surface area contributed by atoms with E-state index in [4.69, 9.17) is 0 Å². The molecular weight excluding hydrogens is 204 g/mol. The zero-order valence-corrected chi connectivity index (χ0v) is 8.56. The lowest BCUT2D eigenvalue weighted by molar-refractivity contribution is -0.118. The summed E-state index contributed by atoms with van der Waals surface area (Å²) in [5.41, 5.74) is 0. The van der Waals surface area contributed by atoms with Crippen molar-refractivity contribution in [3.63, 3.8) is 0 Å². The van der Waals surface area contributed by atoms with Crippen molar-refractivity contribution in [1.82, 2.24) is 0 Å². The highest BCUT2D eigenvalue weighted by atomic mass is 79.9. The predicted molar refractivity (Wildman–Crippen MR) is 50.0 cm³/mol. The molecule has 0 aliphatic heterocycles. The molecule has 2 heteroatoms. The van der Waals surface area contributed by atoms with Crippen LogP contribution in [0.5, 0.6) is 0 Å². The lowest BCUT2D eigenvalue weighted by Gasteiger charge is -2.15. The summed E-state index contributed by atoms with van der Waals surface area (Å²) in [5, 5.41) is 0. The summed E-state index contributed by atoms with van der Waals surface area (Å²) in [6.07, 6.45) is 5.45. The maximum Gasteiger partial charge on any atom is 0.146 e. The lowest BCUT2D eigenvalue weighted by Crippen LogP contribution is -2.20. The van der Waals surface area contributed by atoms with E-state index in [0.29, 0.717) is 11.7 Å². The summed E-state index contributed by atoms with van der Waals surface area (Å²) in [4.78, 5) is 11.5. The number of halogens is 1. The van der Waals surface area contributed by atoms with Crippen LogP contribution in [0, 0.1) is 5.92 Å². The number of carbonyl (C=O) groups excluding carboxylic acids is 1. The summed E-state index contributed by atoms with van der Waals surface area (Å²) in [7, 11) is 0. The van der Waals surface area contributed by atoms with Crippen LogP contribution < -0.4 is 0 Å². The second-order valence-electron chi connectivity index (χ2n) is 3.28. The van der Waals surface area contributed by atoms with Crippen LogP contribution in [0.1, 0.15) is 39.0 Å². The molecule has 0 aromatic carbocycles. The van der Waals surface area contributed by atoms with Gasteiger partial charge in [-0.2, -0.15) is 0 Å². The average molecular weight is 219 g/mol. The van der Waals surface area contributed by atoms with Crippen LogP contribution >= 0.6 is 15.9 Å². The van der Waals surface area contributed by atoms with Crippen LogP contribution in [0.15, 0.2) is 0 Å². The van der Waals surface area contributed by atoms with Crippen molar-refractivity contribution in [2.24, 2.45) is 5.92 Å². The summed E-state index contributed by atoms with van der Waals surface area (Å²) < 4.78 is 0. The fourth-order valence-electron chi connectivity index (χ4n) is 1.66. The second-order valence-corrected chi connectivity index (χ2v) is 4.27. The van der Waals surface area contributed by atoms with E-state index in [0.717, 1.165) is 19.3 Å². The Morgan fingerprint density at radius 1 is 1.55 bits per heavy atom. The Balaban J connectivity index is 2.56. The van der Waals surface area contributed by atoms with E-state index in [1.807, 2.05) is 0 Å². The first-order valence-corrected chi connectivity index (χ1v) is 5.34. The van der Waals surface area contributed by atoms with Crippen LogP contribution in [0.2, 0.25) is 0 Å². The quantitative estimate of drug-likeness (QED) is 0.489. The summed E-state index contributed by atoms with van der Waals surface area (Å²) in [6.45, 7) is 2.16. The SMILES string of the molecule is CCC1CCCCC(=O)C1Br. The van der Waals surface area contributed by atoms with Gasteiger partial charge in [-0.05, 0) is 18.8 Å². The highest BCUT2D eigenvalue weighted by Gasteiger charge is 2.25. The molecule has 0 heterocycles. The number of hydrogen-bond donors (Lipinski definition) is 0. The number of hydrogen-bond acceptors (Lipinski definition) is 1. The van der Waals surface area contributed by atoms with Crippen LogP contribution in [-0.4, -0.2) is 10.6 Å². The predicted octanol–water partition coefficient (Wildman–Crippen LogP) is 2.92. The van der Waals surface area contributed by atoms with Gasteiger partial charge in [-0.3, -0.25) is 4.79 Å². The van der Waals surface area contributed by atoms with Gasteiger partial charge in [-0.1, -0.05) is 35.7 Å². The fraction of sp³-hybridized carbons (Fsp3) is 0.889. The molecule has 1 aliphatic rings. The minimum Gasteiger partial charge on any atom is -0.298 e. The first-order valence-electron chi connectivity index (χ1n) is 4.42. The van der Waals surface area contributed by atoms with Gasteiger partial charge < -0.3 is 0 Å². The van der Waals surface area contributed by atoms with Gasteiger partial charge in [-0.25, -0.2) is 0 Å². The van der Waals surface area contributed by atoms with Crippen molar-refractivity contribution >= 4 is 21.7 Å². The van der Waals surface area contributed by atoms with E-state index in [-0.39, 0.29) is 4.83 Å². The third-order valence-corrected chi connectivity index (χ3v) is 3.75. The Morgan fingerprint density at radius 3 is 2.91 bits per heavy atom. The average Bonchev–Trinajstić information content (AvgIpc) is 2.16. The Kier molecular flexibility index (Phi) is 3.57. The summed E-state index contributed by atoms with van der Waals surface area (Å²) in [5.74, 6) is 0.999. The molecule has 11 heavy (non-hydrogen) atoms. The third-order valence-electron chi connectivity index (χ3n) is 2.49. The molecule has 1 saturated carbocycles. The largest absolute Gasteiger partial charge is 0.298 e. The van der Waals surface area contributed by atoms with Crippen LogP contribution in [0.25, 0.3) is 0 Å². The Bertz CT molecular complexity index is 144. The Labute approximate surface area is 76.7 Å². The molecule has 0 bridgehead atoms. The molecule has 64 valence electrons. The standard InChI is InChI=1S/C9H15BrO/c1-2-7-5-3-4-6-8(11)9(7)10/h7,9H,2-6H2,1H3. The molecule has 0 radical (unpaired) electrons. The molecule has 0 N–H and O–H groups in total. The molecule has 1 aliphatic carbocycles. The van der Waals surface area contributed by atoms with Gasteiger partial charge in [0.15, 0.2) is 0 Å². The van der Waals surface area contributed by atoms with Crippen LogP contribution in [0.3, 0.4) is 0 Å². The summed E-state index contributed by atoms with van der Waals surface area (Å²) >= 11 is 3.48. The van der Waals surface area contributed by atoms with Gasteiger partial charge in [-0.15, -0.1) is 0 Å². The minimum atomic E-state index is 0.148. The molecule has 0 aromatic rings. The van der Waals surface area contributed by atoms with Crippen molar-refractivity contribution in [2.45, 2.75) is 43.9 Å². The third kappa shape index (κ3) is 2.29. The molecule has 1 rings (SSSR count). The van der Waals surface area contributed by atoms with Gasteiger partial charge in [0.2, 0.25) is 0 Å². The molecule has 0 saturated heterocycles. The maximum absolute atomic E-state index is 11.3. The molecule has 0 aromatic heterocycles. The molecule has 0 amide bonds. The van der Waals surface area contributed by atoms with Gasteiger partial charge in [0.25, 0.3) is 0 Å². The second kappa shape index (κ2) is 4.24. The van der Waals surface area contributed by atoms with E-state index >= 15 is 0 Å². The number of alkyl halides is 1. The zero-order chi connectivity index (χ0) is 8.27. The summed E-state index contributed by atoms with van der Waals surface area (Å²) in [6, 6.07) is 0. The van der Waals surface area contributed by atoms with Crippen molar-refractivity contribution in [3.05, 3.63) is 0 Å². The zero-order valence-electron chi connectivity index (χ0n) is 6.98. The Morgan fingerprint density at radius 2 is 2.27 bits per heavy atom. The molecule has 0 spiro atoms. The highest BCUT2D eigenvalue weighted by Crippen LogP contribution is 2.28. The molecule has 1 fully saturated rings. The fourth-order valence-corrected chi connectivity index (χ4v) is 2.53. The normalized spacial score (nSPS) is 33.5. The first-order chi connectivity index (χ1) is 5.25. The topological polar surface area (TPSA) is 17.1 Å². The maximum atomic E-state index is 11.3. The first kappa shape index (κ1) is 9.24. The highest BCUT2D eigenvalue weighted by molar-refractivity contribution is 9.10. The van der Waals surface area contributed by atoms with Gasteiger partial charge in [0.1, 0.15) is 5.78 Å². The minimum absolute atomic E-state index is 0.148. The van der Waals surface area contributed by atoms with Crippen molar-refractivity contribution in [3.8, 4) is 0 Å². The van der Waals surface area contributed by atoms with Crippen LogP contribution in [0.4, 0.5) is 0 Å². The van der Waals surface area contributed by atoms with Crippen molar-refractivity contribution < 1.29 is 4.79 Å². The Hall–Kier alpha value is 0.150. The van der Waals surface area contributed by atoms with Gasteiger partial charge in [0.05, 0.1) is 4.83 Å². The lowest BCUT2D eigenvalue weighted by atomic mass is 9.97. The molecule has 2 unspecified atom stereocenters. The molecule has 1 nitrogen and oxygen atoms in total. The number of ketones is 1. The van der Waals surface area contributed by atoms with E-state index in [2.05, 4.69) is 22.9 Å².